The number of guanidine groups is 1. The van der Waals surface area contributed by atoms with Crippen LogP contribution in [0.15, 0.2) is 52.4 Å². The zero-order valence-electron chi connectivity index (χ0n) is 14.7. The predicted octanol–water partition coefficient (Wildman–Crippen LogP) is 1.89. The summed E-state index contributed by atoms with van der Waals surface area (Å²) in [7, 11) is 1.68. The summed E-state index contributed by atoms with van der Waals surface area (Å²) >= 11 is 0. The van der Waals surface area contributed by atoms with Gasteiger partial charge in [-0.15, -0.1) is 0 Å². The summed E-state index contributed by atoms with van der Waals surface area (Å²) < 4.78 is 14.4. The van der Waals surface area contributed by atoms with Crippen LogP contribution in [-0.4, -0.2) is 25.1 Å². The van der Waals surface area contributed by atoms with Crippen LogP contribution in [0.25, 0.3) is 11.1 Å². The fourth-order valence-electron chi connectivity index (χ4n) is 2.31. The van der Waals surface area contributed by atoms with Gasteiger partial charge < -0.3 is 5.73 Å². The van der Waals surface area contributed by atoms with Crippen molar-refractivity contribution in [1.29, 1.82) is 5.26 Å². The molecule has 0 aliphatic carbocycles. The molecule has 0 radical (unpaired) electrons. The molecule has 0 aromatic heterocycles. The molecule has 8 heteroatoms. The normalized spacial score (nSPS) is 11.2. The molecule has 0 aliphatic rings. The fourth-order valence-corrected chi connectivity index (χ4v) is 2.31. The van der Waals surface area contributed by atoms with Crippen molar-refractivity contribution in [2.24, 2.45) is 15.7 Å². The first-order chi connectivity index (χ1) is 13.0. The Morgan fingerprint density at radius 2 is 2.07 bits per heavy atom. The topological polar surface area (TPSA) is 116 Å². The van der Waals surface area contributed by atoms with Crippen molar-refractivity contribution >= 4 is 18.1 Å². The quantitative estimate of drug-likeness (QED) is 0.426. The maximum atomic E-state index is 14.4. The van der Waals surface area contributed by atoms with Gasteiger partial charge in [-0.05, 0) is 17.2 Å². The van der Waals surface area contributed by atoms with Gasteiger partial charge in [0, 0.05) is 24.4 Å². The third-order valence-corrected chi connectivity index (χ3v) is 3.58. The highest BCUT2D eigenvalue weighted by molar-refractivity contribution is 5.90. The second-order valence-corrected chi connectivity index (χ2v) is 5.49. The SMILES string of the molecule is CN=Cc1ccccc1-c1ccc(CN=C(N)NNC(=O)CC#N)c(F)c1. The number of nitrogens with two attached hydrogens (primary N) is 1. The Hall–Kier alpha value is -3.73. The Balaban J connectivity index is 2.10. The van der Waals surface area contributed by atoms with Gasteiger partial charge in [0.05, 0.1) is 12.6 Å². The molecule has 138 valence electrons. The molecule has 2 rings (SSSR count). The lowest BCUT2D eigenvalue weighted by molar-refractivity contribution is -0.120. The van der Waals surface area contributed by atoms with Gasteiger partial charge in [0.15, 0.2) is 0 Å². The molecule has 1 amide bonds. The van der Waals surface area contributed by atoms with Crippen LogP contribution < -0.4 is 16.6 Å². The molecule has 0 bridgehead atoms. The highest BCUT2D eigenvalue weighted by atomic mass is 19.1. The minimum atomic E-state index is -0.541. The van der Waals surface area contributed by atoms with Crippen LogP contribution in [0.1, 0.15) is 17.5 Å². The van der Waals surface area contributed by atoms with Crippen LogP contribution in [0.3, 0.4) is 0 Å². The molecule has 0 heterocycles. The van der Waals surface area contributed by atoms with E-state index >= 15 is 0 Å². The Bertz CT molecular complexity index is 917. The number of carbonyl (C=O) groups is 1. The molecule has 27 heavy (non-hydrogen) atoms. The van der Waals surface area contributed by atoms with Crippen LogP contribution in [0, 0.1) is 17.1 Å². The number of hydrogen-bond acceptors (Lipinski definition) is 4. The number of halogens is 1. The number of benzene rings is 2. The molecule has 0 fully saturated rings. The summed E-state index contributed by atoms with van der Waals surface area (Å²) in [6.45, 7) is -0.00284. The van der Waals surface area contributed by atoms with Crippen LogP contribution in [0.2, 0.25) is 0 Å². The van der Waals surface area contributed by atoms with E-state index in [-0.39, 0.29) is 18.9 Å². The van der Waals surface area contributed by atoms with Crippen molar-refractivity contribution in [1.82, 2.24) is 10.9 Å². The lowest BCUT2D eigenvalue weighted by atomic mass is 9.99. The predicted molar refractivity (Wildman–Crippen MR) is 102 cm³/mol. The number of rotatable bonds is 5. The molecule has 2 aromatic carbocycles. The average molecular weight is 366 g/mol. The van der Waals surface area contributed by atoms with E-state index in [1.807, 2.05) is 24.3 Å². The summed E-state index contributed by atoms with van der Waals surface area (Å²) in [5, 5.41) is 8.39. The van der Waals surface area contributed by atoms with Crippen LogP contribution in [0.5, 0.6) is 0 Å². The summed E-state index contributed by atoms with van der Waals surface area (Å²) in [6, 6.07) is 14.1. The monoisotopic (exact) mass is 366 g/mol. The van der Waals surface area contributed by atoms with E-state index in [1.165, 1.54) is 6.07 Å². The molecule has 0 spiro atoms. The molecule has 7 nitrogen and oxygen atoms in total. The number of nitriles is 1. The molecule has 0 unspecified atom stereocenters. The fraction of sp³-hybridized carbons (Fsp3) is 0.158. The number of nitrogens with zero attached hydrogens (tertiary/aromatic N) is 3. The van der Waals surface area contributed by atoms with E-state index in [2.05, 4.69) is 20.8 Å². The maximum Gasteiger partial charge on any atom is 0.252 e. The minimum absolute atomic E-state index is 0.00284. The first-order valence-electron chi connectivity index (χ1n) is 8.07. The molecule has 0 atom stereocenters. The van der Waals surface area contributed by atoms with Gasteiger partial charge in [0.2, 0.25) is 5.96 Å². The summed E-state index contributed by atoms with van der Waals surface area (Å²) in [5.74, 6) is -1.05. The van der Waals surface area contributed by atoms with Gasteiger partial charge in [0.1, 0.15) is 12.2 Å². The van der Waals surface area contributed by atoms with Gasteiger partial charge in [0.25, 0.3) is 5.91 Å². The highest BCUT2D eigenvalue weighted by Gasteiger charge is 2.08. The summed E-state index contributed by atoms with van der Waals surface area (Å²) in [6.07, 6.45) is 1.42. The van der Waals surface area contributed by atoms with E-state index < -0.39 is 11.7 Å². The van der Waals surface area contributed by atoms with Crippen molar-refractivity contribution < 1.29 is 9.18 Å². The molecule has 0 aliphatic heterocycles. The van der Waals surface area contributed by atoms with Crippen LogP contribution in [-0.2, 0) is 11.3 Å². The van der Waals surface area contributed by atoms with Gasteiger partial charge in [-0.3, -0.25) is 20.6 Å². The van der Waals surface area contributed by atoms with E-state index in [1.54, 1.807) is 31.5 Å². The van der Waals surface area contributed by atoms with E-state index in [0.29, 0.717) is 5.56 Å². The highest BCUT2D eigenvalue weighted by Crippen LogP contribution is 2.25. The zero-order valence-corrected chi connectivity index (χ0v) is 14.7. The number of aliphatic imine (C=N–C) groups is 2. The molecule has 2 aromatic rings. The van der Waals surface area contributed by atoms with Crippen molar-refractivity contribution in [3.8, 4) is 17.2 Å². The van der Waals surface area contributed by atoms with Gasteiger partial charge in [-0.2, -0.15) is 5.26 Å². The van der Waals surface area contributed by atoms with Crippen molar-refractivity contribution in [2.75, 3.05) is 7.05 Å². The Morgan fingerprint density at radius 1 is 1.30 bits per heavy atom. The van der Waals surface area contributed by atoms with Crippen molar-refractivity contribution in [2.45, 2.75) is 13.0 Å². The van der Waals surface area contributed by atoms with Crippen LogP contribution >= 0.6 is 0 Å². The smallest absolute Gasteiger partial charge is 0.252 e. The number of amides is 1. The number of nitrogens with one attached hydrogen (secondary N) is 2. The average Bonchev–Trinajstić information content (AvgIpc) is 2.66. The summed E-state index contributed by atoms with van der Waals surface area (Å²) in [5.41, 5.74) is 13.0. The Kier molecular flexibility index (Phi) is 7.02. The summed E-state index contributed by atoms with van der Waals surface area (Å²) in [4.78, 5) is 19.1. The second-order valence-electron chi connectivity index (χ2n) is 5.49. The zero-order chi connectivity index (χ0) is 19.6. The van der Waals surface area contributed by atoms with E-state index in [0.717, 1.165) is 16.7 Å². The minimum Gasteiger partial charge on any atom is -0.369 e. The lowest BCUT2D eigenvalue weighted by Crippen LogP contribution is -2.45. The van der Waals surface area contributed by atoms with Crippen molar-refractivity contribution in [3.63, 3.8) is 0 Å². The molecular weight excluding hydrogens is 347 g/mol. The Labute approximate surface area is 156 Å². The lowest BCUT2D eigenvalue weighted by Gasteiger charge is -2.09. The second kappa shape index (κ2) is 9.68. The van der Waals surface area contributed by atoms with Gasteiger partial charge in [-0.25, -0.2) is 9.38 Å². The number of hydrogen-bond donors (Lipinski definition) is 3. The van der Waals surface area contributed by atoms with E-state index in [4.69, 9.17) is 11.0 Å². The Morgan fingerprint density at radius 3 is 2.78 bits per heavy atom. The first kappa shape index (κ1) is 19.6. The molecule has 4 N–H and O–H groups in total. The third kappa shape index (κ3) is 5.64. The van der Waals surface area contributed by atoms with Gasteiger partial charge in [-0.1, -0.05) is 36.4 Å². The van der Waals surface area contributed by atoms with Crippen molar-refractivity contribution in [3.05, 3.63) is 59.4 Å². The van der Waals surface area contributed by atoms with Gasteiger partial charge >= 0.3 is 0 Å². The standard InChI is InChI=1S/C19H19FN6O/c1-23-11-14-4-2-3-5-16(14)13-6-7-15(17(20)10-13)12-24-19(22)26-25-18(27)8-9-21/h2-7,10-11H,8,12H2,1H3,(H,25,27)(H3,22,24,26). The van der Waals surface area contributed by atoms with E-state index in [9.17, 15) is 9.18 Å². The largest absolute Gasteiger partial charge is 0.369 e. The molecular formula is C19H19FN6O. The molecule has 0 saturated heterocycles. The van der Waals surface area contributed by atoms with Crippen LogP contribution in [0.4, 0.5) is 4.39 Å². The third-order valence-electron chi connectivity index (χ3n) is 3.58. The number of carbonyl (C=O) groups excluding carboxylic acids is 1. The number of hydrazine groups is 1. The maximum absolute atomic E-state index is 14.4. The molecule has 0 saturated carbocycles. The first-order valence-corrected chi connectivity index (χ1v) is 8.07.